The molecule has 0 aromatic heterocycles. The van der Waals surface area contributed by atoms with Crippen molar-refractivity contribution in [3.8, 4) is 0 Å². The number of carbonyl (C=O) groups is 1. The molecule has 4 rings (SSSR count). The molecule has 5 heteroatoms. The number of carbonyl (C=O) groups excluding carboxylic acids is 1. The van der Waals surface area contributed by atoms with Gasteiger partial charge in [-0.05, 0) is 48.6 Å². The molecule has 126 valence electrons. The Balaban J connectivity index is 1.77. The number of hydrogen-bond donors (Lipinski definition) is 1. The lowest BCUT2D eigenvalue weighted by Crippen LogP contribution is -2.29. The average Bonchev–Trinajstić information content (AvgIpc) is 3.10. The van der Waals surface area contributed by atoms with Gasteiger partial charge in [0.05, 0.1) is 11.0 Å². The van der Waals surface area contributed by atoms with Crippen LogP contribution in [0.3, 0.4) is 0 Å². The molecule has 0 radical (unpaired) electrons. The van der Waals surface area contributed by atoms with Gasteiger partial charge in [0, 0.05) is 29.3 Å². The molecule has 0 fully saturated rings. The molecule has 0 saturated heterocycles. The Morgan fingerprint density at radius 2 is 2.08 bits per heavy atom. The van der Waals surface area contributed by atoms with Gasteiger partial charge in [0.1, 0.15) is 0 Å². The number of benzene rings is 2. The largest absolute Gasteiger partial charge is 0.378 e. The van der Waals surface area contributed by atoms with Crippen molar-refractivity contribution in [1.82, 2.24) is 0 Å². The molecule has 1 aliphatic carbocycles. The molecule has 0 bridgehead atoms. The lowest BCUT2D eigenvalue weighted by Gasteiger charge is -2.37. The molecule has 1 N–H and O–H groups in total. The number of allylic oxidation sites excluding steroid dienone is 2. The number of rotatable bonds is 3. The SMILES string of the molecule is CC(=O)c1ccc2c(c1)[C@@H]1C=CC[C@@H]1[C@@H](c1cccc([N+](=O)[O-])c1)N2. The molecule has 0 spiro atoms. The first kappa shape index (κ1) is 15.6. The standard InChI is InChI=1S/C20H18N2O3/c1-12(23)13-8-9-19-18(11-13)16-6-3-7-17(16)20(21-19)14-4-2-5-15(10-14)22(24)25/h2-6,8-11,16-17,20-21H,7H2,1H3/t16-,17+,20-/m1/s1. The van der Waals surface area contributed by atoms with Crippen LogP contribution in [0.1, 0.15) is 46.8 Å². The molecule has 25 heavy (non-hydrogen) atoms. The van der Waals surface area contributed by atoms with Crippen molar-refractivity contribution in [2.75, 3.05) is 5.32 Å². The number of Topliss-reactive ketones (excluding diaryl/α,β-unsaturated/α-hetero) is 1. The molecular formula is C20H18N2O3. The van der Waals surface area contributed by atoms with Crippen molar-refractivity contribution in [3.05, 3.63) is 81.4 Å². The van der Waals surface area contributed by atoms with E-state index in [1.165, 1.54) is 6.07 Å². The molecule has 2 aliphatic rings. The highest BCUT2D eigenvalue weighted by atomic mass is 16.6. The third kappa shape index (κ3) is 2.61. The molecule has 2 aromatic rings. The molecule has 5 nitrogen and oxygen atoms in total. The number of non-ortho nitro benzene ring substituents is 1. The van der Waals surface area contributed by atoms with Crippen molar-refractivity contribution < 1.29 is 9.72 Å². The van der Waals surface area contributed by atoms with E-state index in [1.807, 2.05) is 24.3 Å². The number of nitrogens with zero attached hydrogens (tertiary/aromatic N) is 1. The van der Waals surface area contributed by atoms with E-state index in [0.717, 1.165) is 23.2 Å². The Bertz CT molecular complexity index is 904. The Kier molecular flexibility index (Phi) is 3.64. The zero-order valence-corrected chi connectivity index (χ0v) is 13.8. The van der Waals surface area contributed by atoms with Crippen LogP contribution in [0.15, 0.2) is 54.6 Å². The summed E-state index contributed by atoms with van der Waals surface area (Å²) >= 11 is 0. The second kappa shape index (κ2) is 5.84. The van der Waals surface area contributed by atoms with E-state index in [0.29, 0.717) is 5.56 Å². The Morgan fingerprint density at radius 3 is 2.84 bits per heavy atom. The van der Waals surface area contributed by atoms with Gasteiger partial charge in [-0.1, -0.05) is 24.3 Å². The van der Waals surface area contributed by atoms with Crippen LogP contribution in [0.25, 0.3) is 0 Å². The summed E-state index contributed by atoms with van der Waals surface area (Å²) in [6.07, 6.45) is 5.27. The Morgan fingerprint density at radius 1 is 1.24 bits per heavy atom. The van der Waals surface area contributed by atoms with E-state index in [4.69, 9.17) is 0 Å². The van der Waals surface area contributed by atoms with Crippen molar-refractivity contribution in [2.45, 2.75) is 25.3 Å². The molecule has 1 heterocycles. The van der Waals surface area contributed by atoms with Gasteiger partial charge in [-0.25, -0.2) is 0 Å². The van der Waals surface area contributed by atoms with Crippen LogP contribution in [0.5, 0.6) is 0 Å². The fourth-order valence-corrected chi connectivity index (χ4v) is 3.98. The Hall–Kier alpha value is -2.95. The highest BCUT2D eigenvalue weighted by Gasteiger charge is 2.38. The first-order chi connectivity index (χ1) is 12.0. The first-order valence-electron chi connectivity index (χ1n) is 8.37. The van der Waals surface area contributed by atoms with Gasteiger partial charge in [-0.2, -0.15) is 0 Å². The number of hydrogen-bond acceptors (Lipinski definition) is 4. The van der Waals surface area contributed by atoms with Gasteiger partial charge in [-0.15, -0.1) is 0 Å². The van der Waals surface area contributed by atoms with Crippen molar-refractivity contribution >= 4 is 17.2 Å². The molecule has 2 aromatic carbocycles. The lowest BCUT2D eigenvalue weighted by molar-refractivity contribution is -0.384. The minimum atomic E-state index is -0.357. The minimum absolute atomic E-state index is 0.00979. The van der Waals surface area contributed by atoms with Crippen LogP contribution in [-0.4, -0.2) is 10.7 Å². The monoisotopic (exact) mass is 334 g/mol. The first-order valence-corrected chi connectivity index (χ1v) is 8.37. The van der Waals surface area contributed by atoms with Gasteiger partial charge in [-0.3, -0.25) is 14.9 Å². The maximum Gasteiger partial charge on any atom is 0.269 e. The highest BCUT2D eigenvalue weighted by molar-refractivity contribution is 5.95. The summed E-state index contributed by atoms with van der Waals surface area (Å²) in [5.41, 5.74) is 3.88. The van der Waals surface area contributed by atoms with E-state index in [2.05, 4.69) is 17.5 Å². The van der Waals surface area contributed by atoms with Crippen LogP contribution >= 0.6 is 0 Å². The molecule has 3 atom stereocenters. The molecule has 0 saturated carbocycles. The van der Waals surface area contributed by atoms with Crippen LogP contribution in [0.4, 0.5) is 11.4 Å². The van der Waals surface area contributed by atoms with E-state index in [9.17, 15) is 14.9 Å². The fourth-order valence-electron chi connectivity index (χ4n) is 3.98. The summed E-state index contributed by atoms with van der Waals surface area (Å²) in [7, 11) is 0. The summed E-state index contributed by atoms with van der Waals surface area (Å²) in [4.78, 5) is 22.5. The third-order valence-corrected chi connectivity index (χ3v) is 5.21. The van der Waals surface area contributed by atoms with Gasteiger partial charge >= 0.3 is 0 Å². The van der Waals surface area contributed by atoms with Crippen LogP contribution in [0, 0.1) is 16.0 Å². The van der Waals surface area contributed by atoms with Gasteiger partial charge in [0.15, 0.2) is 5.78 Å². The number of ketones is 1. The predicted octanol–water partition coefficient (Wildman–Crippen LogP) is 4.62. The molecule has 1 aliphatic heterocycles. The summed E-state index contributed by atoms with van der Waals surface area (Å²) in [5, 5.41) is 14.6. The highest BCUT2D eigenvalue weighted by Crippen LogP contribution is 2.50. The van der Waals surface area contributed by atoms with E-state index < -0.39 is 0 Å². The van der Waals surface area contributed by atoms with Crippen LogP contribution < -0.4 is 5.32 Å². The number of nitrogens with one attached hydrogen (secondary N) is 1. The number of anilines is 1. The second-order valence-corrected chi connectivity index (χ2v) is 6.69. The molecule has 0 unspecified atom stereocenters. The number of fused-ring (bicyclic) bond motifs is 3. The molecular weight excluding hydrogens is 316 g/mol. The topological polar surface area (TPSA) is 72.2 Å². The zero-order valence-electron chi connectivity index (χ0n) is 13.8. The predicted molar refractivity (Wildman–Crippen MR) is 95.9 cm³/mol. The summed E-state index contributed by atoms with van der Waals surface area (Å²) in [6, 6.07) is 12.6. The summed E-state index contributed by atoms with van der Waals surface area (Å²) in [6.45, 7) is 1.58. The van der Waals surface area contributed by atoms with Crippen molar-refractivity contribution in [3.63, 3.8) is 0 Å². The van der Waals surface area contributed by atoms with E-state index in [-0.39, 0.29) is 34.3 Å². The fraction of sp³-hybridized carbons (Fsp3) is 0.250. The number of nitro groups is 1. The van der Waals surface area contributed by atoms with Crippen molar-refractivity contribution in [2.24, 2.45) is 5.92 Å². The summed E-state index contributed by atoms with van der Waals surface area (Å²) < 4.78 is 0. The van der Waals surface area contributed by atoms with E-state index >= 15 is 0 Å². The van der Waals surface area contributed by atoms with Crippen LogP contribution in [-0.2, 0) is 0 Å². The molecule has 0 amide bonds. The van der Waals surface area contributed by atoms with Crippen molar-refractivity contribution in [1.29, 1.82) is 0 Å². The normalized spacial score (nSPS) is 23.5. The van der Waals surface area contributed by atoms with Gasteiger partial charge in [0.2, 0.25) is 0 Å². The van der Waals surface area contributed by atoms with E-state index in [1.54, 1.807) is 19.1 Å². The zero-order chi connectivity index (χ0) is 17.6. The third-order valence-electron chi connectivity index (χ3n) is 5.21. The number of nitro benzene ring substituents is 1. The minimum Gasteiger partial charge on any atom is -0.378 e. The lowest BCUT2D eigenvalue weighted by atomic mass is 9.76. The van der Waals surface area contributed by atoms with Gasteiger partial charge in [0.25, 0.3) is 5.69 Å². The summed E-state index contributed by atoms with van der Waals surface area (Å²) in [5.74, 6) is 0.568. The van der Waals surface area contributed by atoms with Crippen LogP contribution in [0.2, 0.25) is 0 Å². The smallest absolute Gasteiger partial charge is 0.269 e. The maximum atomic E-state index is 11.7. The maximum absolute atomic E-state index is 11.7. The Labute approximate surface area is 145 Å². The second-order valence-electron chi connectivity index (χ2n) is 6.69. The quantitative estimate of drug-likeness (QED) is 0.385. The van der Waals surface area contributed by atoms with Gasteiger partial charge < -0.3 is 5.32 Å². The average molecular weight is 334 g/mol.